The number of hydrogen-bond acceptors (Lipinski definition) is 0. The number of allylic oxidation sites excluding steroid dienone is 2. The Hall–Kier alpha value is -1.99. The first-order valence-corrected chi connectivity index (χ1v) is 44.5. The summed E-state index contributed by atoms with van der Waals surface area (Å²) in [6.45, 7) is 23.3. The van der Waals surface area contributed by atoms with Crippen molar-refractivity contribution in [2.24, 2.45) is 0 Å². The van der Waals surface area contributed by atoms with E-state index in [2.05, 4.69) is 93.5 Å². The standard InChI is InChI=1S/C55H90N2.2C18H37.Ni/c1-9-17-25-32-44-40-48(41-45(33-26-18-10-2)50(44)37-29-21-13-5)54-52(36-24-16-8)53(39-31-23-15-7)55(57(54)56)49-42-46(34-27-19-11-3)51(38-30-22-14-6)47(43-49)35-28-20-12-4;2*1-3-5-7-9-11-13-15-17-18-16-14-12-10-8-6-4-2;/h40-43H,9-39H2,1-8H3;2*1,3-18H2,2H3;. The van der Waals surface area contributed by atoms with Crippen LogP contribution in [0, 0.1) is 0 Å². The van der Waals surface area contributed by atoms with Crippen LogP contribution in [0.5, 0.6) is 0 Å². The second-order valence-corrected chi connectivity index (χ2v) is 31.4. The first kappa shape index (κ1) is 88.1. The van der Waals surface area contributed by atoms with Gasteiger partial charge in [-0.2, -0.15) is 0 Å². The van der Waals surface area contributed by atoms with Gasteiger partial charge in [-0.15, -0.1) is 0 Å². The van der Waals surface area contributed by atoms with Gasteiger partial charge < -0.3 is 5.53 Å². The van der Waals surface area contributed by atoms with E-state index in [1.807, 2.05) is 14.4 Å². The molecule has 0 fully saturated rings. The molecule has 0 aliphatic carbocycles. The molecule has 0 radical (unpaired) electrons. The molecule has 0 atom stereocenters. The van der Waals surface area contributed by atoms with E-state index in [4.69, 9.17) is 0 Å². The molecule has 0 aromatic heterocycles. The summed E-state index contributed by atoms with van der Waals surface area (Å²) in [7, 11) is 0. The fourth-order valence-corrected chi connectivity index (χ4v) is 16.2. The van der Waals surface area contributed by atoms with Crippen molar-refractivity contribution in [3.8, 4) is 0 Å². The molecular formula is C91H164N2Ni. The van der Waals surface area contributed by atoms with E-state index in [0.29, 0.717) is 0 Å². The van der Waals surface area contributed by atoms with Gasteiger partial charge in [-0.25, -0.2) is 4.70 Å². The smallest absolute Gasteiger partial charge is 0.0654 e. The van der Waals surface area contributed by atoms with Gasteiger partial charge in [-0.3, -0.25) is 0 Å². The third kappa shape index (κ3) is 41.6. The van der Waals surface area contributed by atoms with Gasteiger partial charge in [0.1, 0.15) is 0 Å². The minimum absolute atomic E-state index is 1.03. The molecule has 1 heterocycles. The Kier molecular flexibility index (Phi) is 60.4. The van der Waals surface area contributed by atoms with Crippen LogP contribution in [-0.4, -0.2) is 4.70 Å². The fraction of sp³-hybridized carbons (Fsp3) is 0.824. The quantitative estimate of drug-likeness (QED) is 0.0358. The van der Waals surface area contributed by atoms with Gasteiger partial charge >= 0.3 is 166 Å². The summed E-state index contributed by atoms with van der Waals surface area (Å²) in [6.07, 6.45) is 85.0. The predicted molar refractivity (Wildman–Crippen MR) is 422 cm³/mol. The summed E-state index contributed by atoms with van der Waals surface area (Å²) in [6, 6.07) is 10.2. The van der Waals surface area contributed by atoms with Gasteiger partial charge in [0.15, 0.2) is 0 Å². The molecule has 0 bridgehead atoms. The molecule has 2 nitrogen and oxygen atoms in total. The average molecular weight is 1350 g/mol. The molecule has 0 saturated carbocycles. The zero-order valence-electron chi connectivity index (χ0n) is 65.5. The van der Waals surface area contributed by atoms with Crippen LogP contribution in [0.2, 0.25) is 10.8 Å². The Bertz CT molecular complexity index is 2030. The molecule has 0 amide bonds. The van der Waals surface area contributed by atoms with Crippen LogP contribution in [0.15, 0.2) is 35.4 Å². The van der Waals surface area contributed by atoms with Gasteiger partial charge in [0.2, 0.25) is 11.4 Å². The number of nitrogens with zero attached hydrogens (tertiary/aromatic N) is 2. The summed E-state index contributed by atoms with van der Waals surface area (Å²) in [5.74, 6) is 0. The van der Waals surface area contributed by atoms with Crippen LogP contribution in [0.3, 0.4) is 0 Å². The zero-order valence-corrected chi connectivity index (χ0v) is 66.5. The summed E-state index contributed by atoms with van der Waals surface area (Å²) in [5.41, 5.74) is 30.1. The molecule has 1 aliphatic heterocycles. The molecule has 0 N–H and O–H groups in total. The second kappa shape index (κ2) is 64.4. The maximum atomic E-state index is 13.0. The van der Waals surface area contributed by atoms with E-state index in [0.717, 1.165) is 62.8 Å². The van der Waals surface area contributed by atoms with Crippen molar-refractivity contribution in [3.05, 3.63) is 85.5 Å². The van der Waals surface area contributed by atoms with Crippen LogP contribution in [-0.2, 0) is 53.0 Å². The first-order valence-electron chi connectivity index (χ1n) is 43.1. The van der Waals surface area contributed by atoms with E-state index in [-0.39, 0.29) is 0 Å². The Balaban J connectivity index is 0.000000705. The van der Waals surface area contributed by atoms with Crippen molar-refractivity contribution < 1.29 is 19.1 Å². The number of benzene rings is 2. The summed E-state index contributed by atoms with van der Waals surface area (Å²) < 4.78 is 1.74. The van der Waals surface area contributed by atoms with Crippen LogP contribution >= 0.6 is 0 Å². The second-order valence-electron chi connectivity index (χ2n) is 29.9. The molecule has 3 rings (SSSR count). The molecule has 0 unspecified atom stereocenters. The Labute approximate surface area is 596 Å². The zero-order chi connectivity index (χ0) is 68.0. The molecule has 3 heteroatoms. The molecule has 0 saturated heterocycles. The van der Waals surface area contributed by atoms with Gasteiger partial charge in [0.25, 0.3) is 0 Å². The molecule has 2 aromatic carbocycles. The van der Waals surface area contributed by atoms with Crippen molar-refractivity contribution in [3.63, 3.8) is 0 Å². The van der Waals surface area contributed by atoms with Crippen molar-refractivity contribution in [1.29, 1.82) is 0 Å². The third-order valence-corrected chi connectivity index (χ3v) is 22.4. The van der Waals surface area contributed by atoms with E-state index in [9.17, 15) is 5.53 Å². The van der Waals surface area contributed by atoms with Gasteiger partial charge in [0, 0.05) is 22.3 Å². The van der Waals surface area contributed by atoms with Crippen molar-refractivity contribution >= 4 is 11.4 Å². The minimum Gasteiger partial charge on any atom is -0.0654 e. The molecule has 0 spiro atoms. The summed E-state index contributed by atoms with van der Waals surface area (Å²) >= 11 is 2.04. The first-order chi connectivity index (χ1) is 46.3. The topological polar surface area (TPSA) is 25.3 Å². The maximum absolute atomic E-state index is 13.0. The Morgan fingerprint density at radius 3 is 0.660 bits per heavy atom. The van der Waals surface area contributed by atoms with E-state index >= 15 is 0 Å². The van der Waals surface area contributed by atoms with Crippen molar-refractivity contribution in [1.82, 2.24) is 0 Å². The van der Waals surface area contributed by atoms with Gasteiger partial charge in [-0.1, -0.05) is 230 Å². The average Bonchev–Trinajstić information content (AvgIpc) is 1.57. The molecule has 2 aromatic rings. The van der Waals surface area contributed by atoms with E-state index in [1.165, 1.54) is 386 Å². The van der Waals surface area contributed by atoms with Gasteiger partial charge in [-0.05, 0) is 160 Å². The van der Waals surface area contributed by atoms with Gasteiger partial charge in [0.05, 0.1) is 0 Å². The van der Waals surface area contributed by atoms with E-state index < -0.39 is 0 Å². The van der Waals surface area contributed by atoms with Crippen LogP contribution in [0.4, 0.5) is 0 Å². The molecular weight excluding hydrogens is 1180 g/mol. The molecule has 1 aliphatic rings. The normalized spacial score (nSPS) is 12.6. The van der Waals surface area contributed by atoms with E-state index in [1.54, 1.807) is 38.1 Å². The summed E-state index contributed by atoms with van der Waals surface area (Å²) in [4.78, 5) is 0. The summed E-state index contributed by atoms with van der Waals surface area (Å²) in [5, 5.41) is 2.87. The van der Waals surface area contributed by atoms with Crippen LogP contribution in [0.25, 0.3) is 16.9 Å². The SMILES string of the molecule is CCCCCC1=C(c2cc(CCCCC)c(CCCCC)c(CCCCC)c2)[N+](=[N-])C(c2cc(CCCCC)c(CCCCC)c(CCCCC)c2)=C1CCCC.CCCCCCCCCCCCCCCCC[CH2][Ni][CH2]CCCCCCCCCCCCCCCCC. The fourth-order valence-electron chi connectivity index (χ4n) is 15.0. The number of hydrogen-bond donors (Lipinski definition) is 0. The Morgan fingerprint density at radius 2 is 0.415 bits per heavy atom. The minimum atomic E-state index is 1.03. The van der Waals surface area contributed by atoms with Crippen molar-refractivity contribution in [2.45, 2.75) is 485 Å². The third-order valence-electron chi connectivity index (χ3n) is 21.0. The Morgan fingerprint density at radius 1 is 0.223 bits per heavy atom. The number of unbranched alkanes of at least 4 members (excludes halogenated alkanes) is 45. The number of rotatable bonds is 67. The predicted octanol–water partition coefficient (Wildman–Crippen LogP) is 32.5. The molecule has 548 valence electrons. The van der Waals surface area contributed by atoms with Crippen LogP contribution in [0.1, 0.15) is 480 Å². The molecule has 94 heavy (non-hydrogen) atoms. The monoisotopic (exact) mass is 1340 g/mol. The van der Waals surface area contributed by atoms with Crippen molar-refractivity contribution in [2.75, 3.05) is 0 Å². The number of aryl methyl sites for hydroxylation is 4. The van der Waals surface area contributed by atoms with Crippen LogP contribution < -0.4 is 0 Å².